The van der Waals surface area contributed by atoms with E-state index in [0.29, 0.717) is 13.0 Å². The molecule has 0 spiro atoms. The molecule has 0 aliphatic heterocycles. The average molecular weight is 451 g/mol. The largest absolute Gasteiger partial charge is 0.466 e. The van der Waals surface area contributed by atoms with E-state index in [2.05, 4.69) is 26.0 Å². The molecule has 0 fully saturated rings. The summed E-state index contributed by atoms with van der Waals surface area (Å²) in [5, 5.41) is 0. The molecule has 0 aliphatic carbocycles. The molecule has 2 nitrogen and oxygen atoms in total. The van der Waals surface area contributed by atoms with Gasteiger partial charge in [0.1, 0.15) is 0 Å². The van der Waals surface area contributed by atoms with Gasteiger partial charge in [-0.3, -0.25) is 4.79 Å². The van der Waals surface area contributed by atoms with Crippen LogP contribution >= 0.6 is 0 Å². The molecule has 2 heteroatoms. The lowest BCUT2D eigenvalue weighted by atomic mass is 10.1. The van der Waals surface area contributed by atoms with Crippen molar-refractivity contribution < 1.29 is 9.53 Å². The van der Waals surface area contributed by atoms with Gasteiger partial charge in [0.2, 0.25) is 0 Å². The van der Waals surface area contributed by atoms with Crippen LogP contribution in [0.4, 0.5) is 0 Å². The minimum Gasteiger partial charge on any atom is -0.466 e. The van der Waals surface area contributed by atoms with E-state index in [-0.39, 0.29) is 5.97 Å². The Hall–Kier alpha value is -0.790. The van der Waals surface area contributed by atoms with E-state index in [9.17, 15) is 4.79 Å². The molecule has 0 unspecified atom stereocenters. The second-order valence-corrected chi connectivity index (χ2v) is 9.74. The quantitative estimate of drug-likeness (QED) is 0.0744. The molecule has 0 radical (unpaired) electrons. The number of carbonyl (C=O) groups is 1. The van der Waals surface area contributed by atoms with E-state index in [1.807, 2.05) is 0 Å². The van der Waals surface area contributed by atoms with Crippen LogP contribution in [-0.4, -0.2) is 12.6 Å². The van der Waals surface area contributed by atoms with Crippen molar-refractivity contribution in [2.45, 2.75) is 168 Å². The summed E-state index contributed by atoms with van der Waals surface area (Å²) in [5.74, 6) is 0.0145. The number of rotatable bonds is 26. The van der Waals surface area contributed by atoms with Crippen LogP contribution in [0, 0.1) is 0 Å². The first kappa shape index (κ1) is 31.2. The molecule has 0 heterocycles. The molecule has 0 atom stereocenters. The first-order valence-corrected chi connectivity index (χ1v) is 14.6. The van der Waals surface area contributed by atoms with E-state index < -0.39 is 0 Å². The monoisotopic (exact) mass is 450 g/mol. The Kier molecular flexibility index (Phi) is 27.5. The van der Waals surface area contributed by atoms with Gasteiger partial charge in [-0.2, -0.15) is 0 Å². The second-order valence-electron chi connectivity index (χ2n) is 9.74. The predicted octanol–water partition coefficient (Wildman–Crippen LogP) is 10.5. The number of carbonyl (C=O) groups excluding carboxylic acids is 1. The first-order chi connectivity index (χ1) is 15.8. The van der Waals surface area contributed by atoms with Gasteiger partial charge in [-0.1, -0.05) is 135 Å². The van der Waals surface area contributed by atoms with Crippen molar-refractivity contribution in [2.75, 3.05) is 6.61 Å². The molecule has 0 aromatic carbocycles. The van der Waals surface area contributed by atoms with Crippen LogP contribution in [0.2, 0.25) is 0 Å². The molecule has 0 rings (SSSR count). The third-order valence-corrected chi connectivity index (χ3v) is 6.40. The summed E-state index contributed by atoms with van der Waals surface area (Å²) in [4.78, 5) is 11.8. The third-order valence-electron chi connectivity index (χ3n) is 6.40. The number of hydrogen-bond donors (Lipinski definition) is 0. The molecular formula is C30H58O2. The van der Waals surface area contributed by atoms with Crippen molar-refractivity contribution >= 4 is 5.97 Å². The molecule has 0 aliphatic rings. The Morgan fingerprint density at radius 3 is 1.34 bits per heavy atom. The van der Waals surface area contributed by atoms with Crippen molar-refractivity contribution in [3.63, 3.8) is 0 Å². The van der Waals surface area contributed by atoms with Crippen molar-refractivity contribution in [1.29, 1.82) is 0 Å². The topological polar surface area (TPSA) is 26.3 Å². The molecule has 0 bridgehead atoms. The van der Waals surface area contributed by atoms with Gasteiger partial charge in [0.15, 0.2) is 0 Å². The molecule has 190 valence electrons. The highest BCUT2D eigenvalue weighted by Crippen LogP contribution is 2.12. The van der Waals surface area contributed by atoms with Gasteiger partial charge in [-0.15, -0.1) is 0 Å². The average Bonchev–Trinajstić information content (AvgIpc) is 2.80. The Labute approximate surface area is 202 Å². The van der Waals surface area contributed by atoms with Crippen LogP contribution in [0.1, 0.15) is 168 Å². The molecule has 0 aromatic rings. The van der Waals surface area contributed by atoms with Crippen molar-refractivity contribution in [2.24, 2.45) is 0 Å². The molecular weight excluding hydrogens is 392 g/mol. The zero-order valence-corrected chi connectivity index (χ0v) is 22.1. The molecule has 0 aromatic heterocycles. The minimum atomic E-state index is 0.0145. The summed E-state index contributed by atoms with van der Waals surface area (Å²) >= 11 is 0. The first-order valence-electron chi connectivity index (χ1n) is 14.6. The van der Waals surface area contributed by atoms with Gasteiger partial charge in [0.25, 0.3) is 0 Å². The highest BCUT2D eigenvalue weighted by atomic mass is 16.5. The van der Waals surface area contributed by atoms with Crippen LogP contribution in [0.3, 0.4) is 0 Å². The van der Waals surface area contributed by atoms with E-state index in [1.54, 1.807) is 0 Å². The maximum absolute atomic E-state index is 11.8. The fraction of sp³-hybridized carbons (Fsp3) is 0.900. The van der Waals surface area contributed by atoms with Crippen LogP contribution < -0.4 is 0 Å². The Balaban J connectivity index is 3.18. The Morgan fingerprint density at radius 2 is 0.875 bits per heavy atom. The van der Waals surface area contributed by atoms with Gasteiger partial charge >= 0.3 is 5.97 Å². The minimum absolute atomic E-state index is 0.0145. The second kappa shape index (κ2) is 28.2. The zero-order chi connectivity index (χ0) is 23.4. The van der Waals surface area contributed by atoms with Crippen molar-refractivity contribution in [1.82, 2.24) is 0 Å². The van der Waals surface area contributed by atoms with Crippen molar-refractivity contribution in [3.8, 4) is 0 Å². The summed E-state index contributed by atoms with van der Waals surface area (Å²) in [6.07, 6.45) is 35.3. The standard InChI is InChI=1S/C30H58O2/c1-3-5-7-9-11-13-14-15-16-17-18-19-21-23-25-27-29-32-30(31)28-26-24-22-20-12-10-8-6-4-2/h15-16H,3-14,17-29H2,1-2H3. The SMILES string of the molecule is CCCCCCCCC=CCCCCCCCCOC(=O)CCCCCCCCCCC. The van der Waals surface area contributed by atoms with Crippen LogP contribution in [0.25, 0.3) is 0 Å². The smallest absolute Gasteiger partial charge is 0.305 e. The van der Waals surface area contributed by atoms with Crippen LogP contribution in [0.15, 0.2) is 12.2 Å². The summed E-state index contributed by atoms with van der Waals surface area (Å²) in [6.45, 7) is 5.16. The van der Waals surface area contributed by atoms with Gasteiger partial charge in [0, 0.05) is 6.42 Å². The van der Waals surface area contributed by atoms with Gasteiger partial charge < -0.3 is 4.74 Å². The lowest BCUT2D eigenvalue weighted by Gasteiger charge is -2.05. The summed E-state index contributed by atoms with van der Waals surface area (Å²) in [7, 11) is 0. The van der Waals surface area contributed by atoms with Gasteiger partial charge in [-0.25, -0.2) is 0 Å². The Morgan fingerprint density at radius 1 is 0.500 bits per heavy atom. The number of hydrogen-bond acceptors (Lipinski definition) is 2. The summed E-state index contributed by atoms with van der Waals surface area (Å²) in [5.41, 5.74) is 0. The molecule has 0 amide bonds. The fourth-order valence-corrected chi connectivity index (χ4v) is 4.19. The number of ether oxygens (including phenoxy) is 1. The molecule has 0 saturated carbocycles. The molecule has 0 N–H and O–H groups in total. The normalized spacial score (nSPS) is 11.4. The van der Waals surface area contributed by atoms with Gasteiger partial charge in [-0.05, 0) is 38.5 Å². The van der Waals surface area contributed by atoms with Crippen LogP contribution in [-0.2, 0) is 9.53 Å². The molecule has 32 heavy (non-hydrogen) atoms. The maximum Gasteiger partial charge on any atom is 0.305 e. The lowest BCUT2D eigenvalue weighted by Crippen LogP contribution is -2.05. The zero-order valence-electron chi connectivity index (χ0n) is 22.1. The van der Waals surface area contributed by atoms with E-state index in [1.165, 1.54) is 135 Å². The lowest BCUT2D eigenvalue weighted by molar-refractivity contribution is -0.143. The van der Waals surface area contributed by atoms with E-state index in [4.69, 9.17) is 4.74 Å². The number of esters is 1. The number of allylic oxidation sites excluding steroid dienone is 2. The summed E-state index contributed by atoms with van der Waals surface area (Å²) in [6, 6.07) is 0. The Bertz CT molecular complexity index is 388. The van der Waals surface area contributed by atoms with E-state index >= 15 is 0 Å². The highest BCUT2D eigenvalue weighted by molar-refractivity contribution is 5.69. The van der Waals surface area contributed by atoms with Crippen molar-refractivity contribution in [3.05, 3.63) is 12.2 Å². The molecule has 0 saturated heterocycles. The van der Waals surface area contributed by atoms with E-state index in [0.717, 1.165) is 12.8 Å². The highest BCUT2D eigenvalue weighted by Gasteiger charge is 2.02. The van der Waals surface area contributed by atoms with Gasteiger partial charge in [0.05, 0.1) is 6.61 Å². The maximum atomic E-state index is 11.8. The number of unbranched alkanes of at least 4 members (excludes halogenated alkanes) is 20. The van der Waals surface area contributed by atoms with Crippen LogP contribution in [0.5, 0.6) is 0 Å². The predicted molar refractivity (Wildman–Crippen MR) is 142 cm³/mol. The third kappa shape index (κ3) is 27.2. The summed E-state index contributed by atoms with van der Waals surface area (Å²) < 4.78 is 5.39. The fourth-order valence-electron chi connectivity index (χ4n) is 4.19.